The van der Waals surface area contributed by atoms with E-state index in [1.54, 1.807) is 0 Å². The van der Waals surface area contributed by atoms with Gasteiger partial charge in [-0.3, -0.25) is 4.79 Å². The number of Topliss-reactive ketones (excluding diaryl/α,β-unsaturated/α-hetero) is 1. The third-order valence-corrected chi connectivity index (χ3v) is 4.96. The van der Waals surface area contributed by atoms with E-state index in [-0.39, 0.29) is 0 Å². The first kappa shape index (κ1) is 11.9. The van der Waals surface area contributed by atoms with Crippen LogP contribution in [0.2, 0.25) is 0 Å². The predicted octanol–water partition coefficient (Wildman–Crippen LogP) is 4.48. The SMILES string of the molecule is O=C1C[C@@H](CC2CCc3ccccc32)c2ccccc21. The van der Waals surface area contributed by atoms with Crippen molar-refractivity contribution in [2.24, 2.45) is 0 Å². The minimum absolute atomic E-state index is 0.330. The van der Waals surface area contributed by atoms with Gasteiger partial charge in [-0.15, -0.1) is 0 Å². The molecule has 0 heterocycles. The Hall–Kier alpha value is -1.89. The van der Waals surface area contributed by atoms with Crippen molar-refractivity contribution < 1.29 is 4.79 Å². The quantitative estimate of drug-likeness (QED) is 0.780. The highest BCUT2D eigenvalue weighted by molar-refractivity contribution is 6.01. The number of hydrogen-bond acceptors (Lipinski definition) is 1. The number of hydrogen-bond donors (Lipinski definition) is 0. The standard InChI is InChI=1S/C19H18O/c20-19-12-15(17-7-3-4-8-18(17)19)11-14-10-9-13-5-1-2-6-16(13)14/h1-8,14-15H,9-12H2/t14?,15-/m1/s1. The molecule has 0 bridgehead atoms. The maximum atomic E-state index is 12.1. The van der Waals surface area contributed by atoms with Crippen molar-refractivity contribution in [2.75, 3.05) is 0 Å². The summed E-state index contributed by atoms with van der Waals surface area (Å²) in [7, 11) is 0. The molecule has 2 aliphatic rings. The Labute approximate surface area is 119 Å². The topological polar surface area (TPSA) is 17.1 Å². The van der Waals surface area contributed by atoms with Crippen LogP contribution in [0.4, 0.5) is 0 Å². The molecule has 1 nitrogen and oxygen atoms in total. The second-order valence-corrected chi connectivity index (χ2v) is 6.08. The lowest BCUT2D eigenvalue weighted by molar-refractivity contribution is 0.0987. The Kier molecular flexibility index (Phi) is 2.73. The lowest BCUT2D eigenvalue weighted by Crippen LogP contribution is -2.02. The summed E-state index contributed by atoms with van der Waals surface area (Å²) in [5.74, 6) is 1.39. The van der Waals surface area contributed by atoms with E-state index < -0.39 is 0 Å². The van der Waals surface area contributed by atoms with Gasteiger partial charge in [-0.1, -0.05) is 48.5 Å². The minimum atomic E-state index is 0.330. The van der Waals surface area contributed by atoms with E-state index in [2.05, 4.69) is 36.4 Å². The molecule has 2 aliphatic carbocycles. The first-order valence-corrected chi connectivity index (χ1v) is 7.53. The molecular weight excluding hydrogens is 244 g/mol. The van der Waals surface area contributed by atoms with E-state index in [0.29, 0.717) is 24.0 Å². The van der Waals surface area contributed by atoms with Crippen LogP contribution in [0, 0.1) is 0 Å². The zero-order chi connectivity index (χ0) is 13.5. The van der Waals surface area contributed by atoms with Crippen LogP contribution in [0.15, 0.2) is 48.5 Å². The van der Waals surface area contributed by atoms with Gasteiger partial charge in [0.05, 0.1) is 0 Å². The fourth-order valence-corrected chi connectivity index (χ4v) is 3.99. The number of fused-ring (bicyclic) bond motifs is 2. The fraction of sp³-hybridized carbons (Fsp3) is 0.316. The Morgan fingerprint density at radius 2 is 1.65 bits per heavy atom. The van der Waals surface area contributed by atoms with E-state index in [4.69, 9.17) is 0 Å². The highest BCUT2D eigenvalue weighted by Crippen LogP contribution is 2.44. The van der Waals surface area contributed by atoms with E-state index in [1.807, 2.05) is 12.1 Å². The Morgan fingerprint density at radius 1 is 0.900 bits per heavy atom. The summed E-state index contributed by atoms with van der Waals surface area (Å²) in [6, 6.07) is 17.0. The lowest BCUT2D eigenvalue weighted by Gasteiger charge is -2.17. The summed E-state index contributed by atoms with van der Waals surface area (Å²) < 4.78 is 0. The molecule has 4 rings (SSSR count). The molecule has 2 atom stereocenters. The van der Waals surface area contributed by atoms with Crippen LogP contribution in [0.3, 0.4) is 0 Å². The Morgan fingerprint density at radius 3 is 2.55 bits per heavy atom. The third-order valence-electron chi connectivity index (χ3n) is 4.96. The van der Waals surface area contributed by atoms with Crippen LogP contribution in [0.25, 0.3) is 0 Å². The molecule has 0 saturated carbocycles. The molecule has 20 heavy (non-hydrogen) atoms. The van der Waals surface area contributed by atoms with Gasteiger partial charge in [-0.2, -0.15) is 0 Å². The van der Waals surface area contributed by atoms with Gasteiger partial charge in [-0.05, 0) is 47.8 Å². The molecule has 0 spiro atoms. The second kappa shape index (κ2) is 4.59. The van der Waals surface area contributed by atoms with E-state index in [9.17, 15) is 4.79 Å². The van der Waals surface area contributed by atoms with Crippen molar-refractivity contribution in [2.45, 2.75) is 37.5 Å². The first-order valence-electron chi connectivity index (χ1n) is 7.53. The summed E-state index contributed by atoms with van der Waals surface area (Å²) >= 11 is 0. The molecule has 0 aliphatic heterocycles. The van der Waals surface area contributed by atoms with Crippen LogP contribution in [-0.2, 0) is 6.42 Å². The van der Waals surface area contributed by atoms with Gasteiger partial charge in [0.15, 0.2) is 5.78 Å². The van der Waals surface area contributed by atoms with Gasteiger partial charge in [0, 0.05) is 12.0 Å². The maximum Gasteiger partial charge on any atom is 0.163 e. The van der Waals surface area contributed by atoms with Crippen LogP contribution < -0.4 is 0 Å². The largest absolute Gasteiger partial charge is 0.294 e. The number of rotatable bonds is 2. The average Bonchev–Trinajstić information content (AvgIpc) is 3.03. The lowest BCUT2D eigenvalue weighted by atomic mass is 9.87. The smallest absolute Gasteiger partial charge is 0.163 e. The number of carbonyl (C=O) groups is 1. The van der Waals surface area contributed by atoms with Crippen molar-refractivity contribution in [1.29, 1.82) is 0 Å². The molecular formula is C19H18O. The van der Waals surface area contributed by atoms with Crippen molar-refractivity contribution in [3.8, 4) is 0 Å². The molecule has 0 fully saturated rings. The Bertz CT molecular complexity index is 671. The molecule has 100 valence electrons. The van der Waals surface area contributed by atoms with Gasteiger partial charge in [0.1, 0.15) is 0 Å². The molecule has 1 unspecified atom stereocenters. The molecule has 2 aromatic carbocycles. The molecule has 0 amide bonds. The van der Waals surface area contributed by atoms with Gasteiger partial charge < -0.3 is 0 Å². The molecule has 0 radical (unpaired) electrons. The van der Waals surface area contributed by atoms with Gasteiger partial charge in [0.25, 0.3) is 0 Å². The zero-order valence-corrected chi connectivity index (χ0v) is 11.5. The van der Waals surface area contributed by atoms with Crippen molar-refractivity contribution in [3.05, 3.63) is 70.8 Å². The normalized spacial score (nSPS) is 23.7. The molecule has 0 aromatic heterocycles. The van der Waals surface area contributed by atoms with Crippen LogP contribution in [0.1, 0.15) is 58.1 Å². The van der Waals surface area contributed by atoms with E-state index in [0.717, 1.165) is 12.0 Å². The number of aryl methyl sites for hydroxylation is 1. The molecule has 0 N–H and O–H groups in total. The highest BCUT2D eigenvalue weighted by atomic mass is 16.1. The number of ketones is 1. The minimum Gasteiger partial charge on any atom is -0.294 e. The van der Waals surface area contributed by atoms with Crippen molar-refractivity contribution in [3.63, 3.8) is 0 Å². The number of carbonyl (C=O) groups excluding carboxylic acids is 1. The van der Waals surface area contributed by atoms with E-state index in [1.165, 1.54) is 29.5 Å². The van der Waals surface area contributed by atoms with Gasteiger partial charge in [-0.25, -0.2) is 0 Å². The zero-order valence-electron chi connectivity index (χ0n) is 11.5. The first-order chi connectivity index (χ1) is 9.83. The maximum absolute atomic E-state index is 12.1. The average molecular weight is 262 g/mol. The predicted molar refractivity (Wildman–Crippen MR) is 80.3 cm³/mol. The van der Waals surface area contributed by atoms with Crippen LogP contribution in [-0.4, -0.2) is 5.78 Å². The van der Waals surface area contributed by atoms with Crippen LogP contribution >= 0.6 is 0 Å². The summed E-state index contributed by atoms with van der Waals surface area (Å²) in [4.78, 5) is 12.1. The number of benzene rings is 2. The monoisotopic (exact) mass is 262 g/mol. The highest BCUT2D eigenvalue weighted by Gasteiger charge is 2.32. The fourth-order valence-electron chi connectivity index (χ4n) is 3.99. The Balaban J connectivity index is 1.62. The van der Waals surface area contributed by atoms with Gasteiger partial charge >= 0.3 is 0 Å². The van der Waals surface area contributed by atoms with Gasteiger partial charge in [0.2, 0.25) is 0 Å². The summed E-state index contributed by atoms with van der Waals surface area (Å²) in [6.45, 7) is 0. The third kappa shape index (κ3) is 1.81. The van der Waals surface area contributed by atoms with Crippen molar-refractivity contribution >= 4 is 5.78 Å². The summed E-state index contributed by atoms with van der Waals surface area (Å²) in [5.41, 5.74) is 5.27. The summed E-state index contributed by atoms with van der Waals surface area (Å²) in [6.07, 6.45) is 4.27. The van der Waals surface area contributed by atoms with E-state index >= 15 is 0 Å². The van der Waals surface area contributed by atoms with Crippen molar-refractivity contribution in [1.82, 2.24) is 0 Å². The molecule has 2 aromatic rings. The second-order valence-electron chi connectivity index (χ2n) is 6.08. The summed E-state index contributed by atoms with van der Waals surface area (Å²) in [5, 5.41) is 0. The van der Waals surface area contributed by atoms with Crippen LogP contribution in [0.5, 0.6) is 0 Å². The molecule has 0 saturated heterocycles. The molecule has 1 heteroatoms.